The van der Waals surface area contributed by atoms with Gasteiger partial charge in [0.05, 0.1) is 16.5 Å². The van der Waals surface area contributed by atoms with Crippen LogP contribution in [0.25, 0.3) is 0 Å². The van der Waals surface area contributed by atoms with E-state index in [9.17, 15) is 8.42 Å². The highest BCUT2D eigenvalue weighted by Gasteiger charge is 2.11. The molecule has 0 saturated carbocycles. The molecule has 0 saturated heterocycles. The van der Waals surface area contributed by atoms with Crippen molar-refractivity contribution in [1.29, 1.82) is 0 Å². The Kier molecular flexibility index (Phi) is 10.2. The van der Waals surface area contributed by atoms with Crippen LogP contribution < -0.4 is 15.4 Å². The molecule has 0 aliphatic heterocycles. The highest BCUT2D eigenvalue weighted by molar-refractivity contribution is 14.0. The molecule has 0 amide bonds. The SMILES string of the molecule is CN=C(NCc1ccc(S(C)(=O)=O)c(C)c1)NCC(C)Oc1ccccc1Cl.I. The van der Waals surface area contributed by atoms with E-state index in [1.54, 1.807) is 32.2 Å². The Labute approximate surface area is 195 Å². The van der Waals surface area contributed by atoms with Gasteiger partial charge in [-0.25, -0.2) is 8.42 Å². The van der Waals surface area contributed by atoms with Gasteiger partial charge in [-0.1, -0.05) is 35.9 Å². The molecule has 2 aromatic rings. The summed E-state index contributed by atoms with van der Waals surface area (Å²) >= 11 is 6.11. The average Bonchev–Trinajstić information content (AvgIpc) is 2.63. The normalized spacial score (nSPS) is 12.7. The lowest BCUT2D eigenvalue weighted by Gasteiger charge is -2.18. The van der Waals surface area contributed by atoms with Crippen LogP contribution in [0, 0.1) is 6.92 Å². The summed E-state index contributed by atoms with van der Waals surface area (Å²) in [4.78, 5) is 4.55. The molecule has 6 nitrogen and oxygen atoms in total. The molecule has 0 fully saturated rings. The molecule has 2 N–H and O–H groups in total. The summed E-state index contributed by atoms with van der Waals surface area (Å²) in [5, 5.41) is 6.99. The smallest absolute Gasteiger partial charge is 0.191 e. The third-order valence-electron chi connectivity index (χ3n) is 4.04. The number of ether oxygens (including phenoxy) is 1. The van der Waals surface area contributed by atoms with Crippen LogP contribution in [0.5, 0.6) is 5.75 Å². The van der Waals surface area contributed by atoms with Crippen molar-refractivity contribution in [2.75, 3.05) is 19.8 Å². The van der Waals surface area contributed by atoms with Crippen LogP contribution in [0.15, 0.2) is 52.4 Å². The van der Waals surface area contributed by atoms with Gasteiger partial charge in [-0.3, -0.25) is 4.99 Å². The fraction of sp³-hybridized carbons (Fsp3) is 0.350. The number of hydrogen-bond donors (Lipinski definition) is 2. The zero-order valence-corrected chi connectivity index (χ0v) is 20.8. The predicted molar refractivity (Wildman–Crippen MR) is 129 cm³/mol. The maximum atomic E-state index is 11.7. The van der Waals surface area contributed by atoms with Crippen molar-refractivity contribution in [3.8, 4) is 5.75 Å². The van der Waals surface area contributed by atoms with E-state index >= 15 is 0 Å². The minimum atomic E-state index is -3.21. The van der Waals surface area contributed by atoms with Crippen molar-refractivity contribution >= 4 is 51.4 Å². The summed E-state index contributed by atoms with van der Waals surface area (Å²) in [6.07, 6.45) is 1.10. The van der Waals surface area contributed by atoms with Crippen LogP contribution in [0.2, 0.25) is 5.02 Å². The number of aryl methyl sites for hydroxylation is 1. The van der Waals surface area contributed by atoms with E-state index in [4.69, 9.17) is 16.3 Å². The first-order valence-corrected chi connectivity index (χ1v) is 11.1. The predicted octanol–water partition coefficient (Wildman–Crippen LogP) is 3.80. The van der Waals surface area contributed by atoms with Gasteiger partial charge in [0, 0.05) is 19.8 Å². The molecule has 29 heavy (non-hydrogen) atoms. The Bertz CT molecular complexity index is 952. The number of nitrogens with zero attached hydrogens (tertiary/aromatic N) is 1. The fourth-order valence-corrected chi connectivity index (χ4v) is 3.82. The molecule has 1 unspecified atom stereocenters. The van der Waals surface area contributed by atoms with Crippen molar-refractivity contribution in [2.24, 2.45) is 4.99 Å². The quantitative estimate of drug-likeness (QED) is 0.311. The molecular weight excluding hydrogens is 525 g/mol. The van der Waals surface area contributed by atoms with Gasteiger partial charge in [-0.2, -0.15) is 0 Å². The molecule has 0 aromatic heterocycles. The van der Waals surface area contributed by atoms with E-state index < -0.39 is 9.84 Å². The Morgan fingerprint density at radius 2 is 1.90 bits per heavy atom. The Morgan fingerprint density at radius 3 is 2.48 bits per heavy atom. The Balaban J connectivity index is 0.00000420. The van der Waals surface area contributed by atoms with Crippen molar-refractivity contribution in [1.82, 2.24) is 10.6 Å². The van der Waals surface area contributed by atoms with Gasteiger partial charge in [-0.15, -0.1) is 24.0 Å². The number of sulfone groups is 1. The van der Waals surface area contributed by atoms with Crippen LogP contribution in [0.3, 0.4) is 0 Å². The zero-order chi connectivity index (χ0) is 20.7. The summed E-state index contributed by atoms with van der Waals surface area (Å²) in [6, 6.07) is 12.6. The number of aliphatic imine (C=N–C) groups is 1. The van der Waals surface area contributed by atoms with Crippen molar-refractivity contribution in [3.63, 3.8) is 0 Å². The third-order valence-corrected chi connectivity index (χ3v) is 5.61. The molecule has 160 valence electrons. The minimum Gasteiger partial charge on any atom is -0.487 e. The van der Waals surface area contributed by atoms with E-state index in [-0.39, 0.29) is 30.1 Å². The maximum absolute atomic E-state index is 11.7. The second kappa shape index (κ2) is 11.6. The lowest BCUT2D eigenvalue weighted by Crippen LogP contribution is -2.41. The summed E-state index contributed by atoms with van der Waals surface area (Å²) in [6.45, 7) is 4.79. The van der Waals surface area contributed by atoms with Gasteiger partial charge >= 0.3 is 0 Å². The number of hydrogen-bond acceptors (Lipinski definition) is 4. The monoisotopic (exact) mass is 551 g/mol. The Morgan fingerprint density at radius 1 is 1.21 bits per heavy atom. The lowest BCUT2D eigenvalue weighted by molar-refractivity contribution is 0.224. The zero-order valence-electron chi connectivity index (χ0n) is 16.9. The molecule has 0 radical (unpaired) electrons. The summed E-state index contributed by atoms with van der Waals surface area (Å²) in [5.74, 6) is 1.27. The first-order chi connectivity index (χ1) is 13.2. The van der Waals surface area contributed by atoms with Gasteiger partial charge < -0.3 is 15.4 Å². The van der Waals surface area contributed by atoms with E-state index in [0.29, 0.717) is 34.7 Å². The van der Waals surface area contributed by atoms with Gasteiger partial charge in [0.15, 0.2) is 15.8 Å². The van der Waals surface area contributed by atoms with Crippen LogP contribution in [-0.2, 0) is 16.4 Å². The molecule has 0 aliphatic carbocycles. The van der Waals surface area contributed by atoms with Crippen LogP contribution >= 0.6 is 35.6 Å². The lowest BCUT2D eigenvalue weighted by atomic mass is 10.1. The van der Waals surface area contributed by atoms with Crippen LogP contribution in [-0.4, -0.2) is 40.3 Å². The standard InChI is InChI=1S/C20H26ClN3O3S.HI/c1-14-11-16(9-10-19(14)28(4,25)26)13-24-20(22-3)23-12-15(2)27-18-8-6-5-7-17(18)21;/h5-11,15H,12-13H2,1-4H3,(H2,22,23,24);1H. The van der Waals surface area contributed by atoms with E-state index in [1.165, 1.54) is 6.26 Å². The van der Waals surface area contributed by atoms with Crippen molar-refractivity contribution < 1.29 is 13.2 Å². The van der Waals surface area contributed by atoms with E-state index in [0.717, 1.165) is 11.1 Å². The summed E-state index contributed by atoms with van der Waals surface area (Å²) in [7, 11) is -1.53. The molecule has 0 heterocycles. The topological polar surface area (TPSA) is 79.8 Å². The molecule has 1 atom stereocenters. The molecular formula is C20H27ClIN3O3S. The minimum absolute atomic E-state index is 0. The van der Waals surface area contributed by atoms with E-state index in [1.807, 2.05) is 31.2 Å². The molecule has 0 spiro atoms. The van der Waals surface area contributed by atoms with Crippen LogP contribution in [0.4, 0.5) is 0 Å². The average molecular weight is 552 g/mol. The Hall–Kier alpha value is -1.52. The largest absolute Gasteiger partial charge is 0.487 e. The van der Waals surface area contributed by atoms with Crippen molar-refractivity contribution in [2.45, 2.75) is 31.4 Å². The molecule has 0 aliphatic rings. The number of para-hydroxylation sites is 1. The number of nitrogens with one attached hydrogen (secondary N) is 2. The highest BCUT2D eigenvalue weighted by atomic mass is 127. The number of benzene rings is 2. The van der Waals surface area contributed by atoms with Gasteiger partial charge in [0.1, 0.15) is 11.9 Å². The first kappa shape index (κ1) is 25.5. The van der Waals surface area contributed by atoms with Gasteiger partial charge in [0.25, 0.3) is 0 Å². The number of halogens is 2. The van der Waals surface area contributed by atoms with Crippen molar-refractivity contribution in [3.05, 3.63) is 58.6 Å². The molecule has 2 rings (SSSR count). The molecule has 0 bridgehead atoms. The summed E-state index contributed by atoms with van der Waals surface area (Å²) < 4.78 is 29.3. The fourth-order valence-electron chi connectivity index (χ4n) is 2.68. The van der Waals surface area contributed by atoms with E-state index in [2.05, 4.69) is 15.6 Å². The summed E-state index contributed by atoms with van der Waals surface area (Å²) in [5.41, 5.74) is 1.69. The van der Waals surface area contributed by atoms with Gasteiger partial charge in [0.2, 0.25) is 0 Å². The molecule has 2 aromatic carbocycles. The second-order valence-corrected chi connectivity index (χ2v) is 8.93. The van der Waals surface area contributed by atoms with Crippen LogP contribution in [0.1, 0.15) is 18.1 Å². The first-order valence-electron chi connectivity index (χ1n) is 8.86. The second-order valence-electron chi connectivity index (χ2n) is 6.54. The third kappa shape index (κ3) is 8.02. The number of guanidine groups is 1. The van der Waals surface area contributed by atoms with Gasteiger partial charge in [-0.05, 0) is 43.2 Å². The maximum Gasteiger partial charge on any atom is 0.191 e. The molecule has 9 heteroatoms. The number of rotatable bonds is 7. The highest BCUT2D eigenvalue weighted by Crippen LogP contribution is 2.24.